The van der Waals surface area contributed by atoms with Crippen molar-refractivity contribution in [3.05, 3.63) is 35.6 Å². The van der Waals surface area contributed by atoms with Gasteiger partial charge < -0.3 is 5.32 Å². The Balaban J connectivity index is 1.95. The number of hydrogen-bond donors (Lipinski definition) is 1. The van der Waals surface area contributed by atoms with Crippen LogP contribution in [-0.2, 0) is 5.41 Å². The number of rotatable bonds is 2. The van der Waals surface area contributed by atoms with Crippen molar-refractivity contribution in [2.45, 2.75) is 24.7 Å². The Bertz CT molecular complexity index is 365. The summed E-state index contributed by atoms with van der Waals surface area (Å²) in [4.78, 5) is 0. The minimum Gasteiger partial charge on any atom is -0.316 e. The van der Waals surface area contributed by atoms with E-state index < -0.39 is 0 Å². The SMILES string of the molecule is Fc1ccccc1C1(C2CCNC2)CC1. The van der Waals surface area contributed by atoms with Crippen LogP contribution in [0.5, 0.6) is 0 Å². The van der Waals surface area contributed by atoms with E-state index in [4.69, 9.17) is 0 Å². The lowest BCUT2D eigenvalue weighted by Crippen LogP contribution is -2.23. The average Bonchev–Trinajstić information content (AvgIpc) is 2.87. The predicted octanol–water partition coefficient (Wildman–Crippen LogP) is 2.47. The highest BCUT2D eigenvalue weighted by Crippen LogP contribution is 2.56. The van der Waals surface area contributed by atoms with Crippen LogP contribution in [0.3, 0.4) is 0 Å². The van der Waals surface area contributed by atoms with Gasteiger partial charge in [-0.3, -0.25) is 0 Å². The molecule has 1 saturated carbocycles. The van der Waals surface area contributed by atoms with Gasteiger partial charge in [0.1, 0.15) is 5.82 Å². The smallest absolute Gasteiger partial charge is 0.126 e. The van der Waals surface area contributed by atoms with E-state index in [9.17, 15) is 4.39 Å². The minimum absolute atomic E-state index is 0.0121. The number of benzene rings is 1. The summed E-state index contributed by atoms with van der Waals surface area (Å²) in [7, 11) is 0. The van der Waals surface area contributed by atoms with Crippen molar-refractivity contribution in [1.29, 1.82) is 0 Å². The van der Waals surface area contributed by atoms with E-state index in [0.717, 1.165) is 18.7 Å². The van der Waals surface area contributed by atoms with Gasteiger partial charge in [0, 0.05) is 5.41 Å². The Morgan fingerprint density at radius 2 is 2.07 bits per heavy atom. The van der Waals surface area contributed by atoms with Crippen molar-refractivity contribution >= 4 is 0 Å². The summed E-state index contributed by atoms with van der Waals surface area (Å²) in [6.07, 6.45) is 3.54. The fourth-order valence-electron chi connectivity index (χ4n) is 3.02. The lowest BCUT2D eigenvalue weighted by Gasteiger charge is -2.23. The van der Waals surface area contributed by atoms with E-state index in [1.54, 1.807) is 12.1 Å². The molecule has 2 heteroatoms. The van der Waals surface area contributed by atoms with Gasteiger partial charge in [-0.05, 0) is 49.9 Å². The molecule has 80 valence electrons. The van der Waals surface area contributed by atoms with Crippen molar-refractivity contribution < 1.29 is 4.39 Å². The molecule has 0 radical (unpaired) electrons. The zero-order chi connectivity index (χ0) is 10.3. The summed E-state index contributed by atoms with van der Waals surface area (Å²) in [5.74, 6) is 0.635. The molecule has 1 atom stereocenters. The fraction of sp³-hybridized carbons (Fsp3) is 0.538. The van der Waals surface area contributed by atoms with Crippen LogP contribution in [0.2, 0.25) is 0 Å². The normalized spacial score (nSPS) is 27.9. The van der Waals surface area contributed by atoms with Crippen molar-refractivity contribution in [2.24, 2.45) is 5.92 Å². The first-order valence-electron chi connectivity index (χ1n) is 5.79. The summed E-state index contributed by atoms with van der Waals surface area (Å²) in [6.45, 7) is 2.16. The van der Waals surface area contributed by atoms with Crippen LogP contribution >= 0.6 is 0 Å². The van der Waals surface area contributed by atoms with Gasteiger partial charge in [-0.1, -0.05) is 18.2 Å². The maximum absolute atomic E-state index is 13.8. The Morgan fingerprint density at radius 3 is 2.67 bits per heavy atom. The maximum Gasteiger partial charge on any atom is 0.126 e. The Morgan fingerprint density at radius 1 is 1.27 bits per heavy atom. The topological polar surface area (TPSA) is 12.0 Å². The quantitative estimate of drug-likeness (QED) is 0.782. The van der Waals surface area contributed by atoms with Gasteiger partial charge in [0.15, 0.2) is 0 Å². The van der Waals surface area contributed by atoms with Crippen molar-refractivity contribution in [3.8, 4) is 0 Å². The van der Waals surface area contributed by atoms with Crippen LogP contribution in [0.1, 0.15) is 24.8 Å². The van der Waals surface area contributed by atoms with Crippen LogP contribution in [0.25, 0.3) is 0 Å². The van der Waals surface area contributed by atoms with Gasteiger partial charge in [0.05, 0.1) is 0 Å². The standard InChI is InChI=1S/C13H16FN/c14-12-4-2-1-3-11(12)13(6-7-13)10-5-8-15-9-10/h1-4,10,15H,5-9H2. The fourth-order valence-corrected chi connectivity index (χ4v) is 3.02. The average molecular weight is 205 g/mol. The van der Waals surface area contributed by atoms with Crippen LogP contribution in [0, 0.1) is 11.7 Å². The molecule has 1 aromatic rings. The van der Waals surface area contributed by atoms with E-state index in [2.05, 4.69) is 5.32 Å². The highest BCUT2D eigenvalue weighted by Gasteiger charge is 2.52. The molecule has 2 aliphatic rings. The zero-order valence-corrected chi connectivity index (χ0v) is 8.80. The first-order valence-corrected chi connectivity index (χ1v) is 5.79. The van der Waals surface area contributed by atoms with E-state index in [1.165, 1.54) is 19.3 Å². The molecule has 0 spiro atoms. The molecule has 0 amide bonds. The molecular formula is C13H16FN. The van der Waals surface area contributed by atoms with Crippen LogP contribution in [0.15, 0.2) is 24.3 Å². The largest absolute Gasteiger partial charge is 0.316 e. The Kier molecular flexibility index (Phi) is 2.06. The molecule has 1 aliphatic heterocycles. The summed E-state index contributed by atoms with van der Waals surface area (Å²) in [6, 6.07) is 7.31. The number of halogens is 1. The lowest BCUT2D eigenvalue weighted by molar-refractivity contribution is 0.422. The lowest BCUT2D eigenvalue weighted by atomic mass is 9.82. The number of hydrogen-bond acceptors (Lipinski definition) is 1. The molecule has 1 aromatic carbocycles. The van der Waals surface area contributed by atoms with Gasteiger partial charge >= 0.3 is 0 Å². The zero-order valence-electron chi connectivity index (χ0n) is 8.80. The van der Waals surface area contributed by atoms with Gasteiger partial charge in [0.2, 0.25) is 0 Å². The summed E-state index contributed by atoms with van der Waals surface area (Å²) in [5, 5.41) is 3.39. The van der Waals surface area contributed by atoms with Crippen molar-refractivity contribution in [1.82, 2.24) is 5.32 Å². The molecule has 3 rings (SSSR count). The summed E-state index contributed by atoms with van der Waals surface area (Å²) >= 11 is 0. The maximum atomic E-state index is 13.8. The van der Waals surface area contributed by atoms with Crippen LogP contribution in [0.4, 0.5) is 4.39 Å². The second-order valence-corrected chi connectivity index (χ2v) is 4.83. The molecule has 1 aliphatic carbocycles. The molecule has 0 aromatic heterocycles. The highest BCUT2D eigenvalue weighted by molar-refractivity contribution is 5.34. The molecule has 0 bridgehead atoms. The van der Waals surface area contributed by atoms with Crippen LogP contribution < -0.4 is 5.32 Å². The van der Waals surface area contributed by atoms with Gasteiger partial charge in [-0.15, -0.1) is 0 Å². The van der Waals surface area contributed by atoms with Gasteiger partial charge in [-0.25, -0.2) is 4.39 Å². The third-order valence-electron chi connectivity index (χ3n) is 4.04. The molecule has 2 fully saturated rings. The van der Waals surface area contributed by atoms with Crippen LogP contribution in [-0.4, -0.2) is 13.1 Å². The first-order chi connectivity index (χ1) is 7.33. The predicted molar refractivity (Wildman–Crippen MR) is 58.3 cm³/mol. The second-order valence-electron chi connectivity index (χ2n) is 4.83. The molecule has 1 N–H and O–H groups in total. The van der Waals surface area contributed by atoms with Crippen molar-refractivity contribution in [2.75, 3.05) is 13.1 Å². The van der Waals surface area contributed by atoms with E-state index >= 15 is 0 Å². The van der Waals surface area contributed by atoms with E-state index in [0.29, 0.717) is 5.92 Å². The highest BCUT2D eigenvalue weighted by atomic mass is 19.1. The van der Waals surface area contributed by atoms with E-state index in [-0.39, 0.29) is 11.2 Å². The first kappa shape index (κ1) is 9.34. The molecule has 1 nitrogen and oxygen atoms in total. The Hall–Kier alpha value is -0.890. The summed E-state index contributed by atoms with van der Waals surface area (Å²) in [5.41, 5.74) is 1.13. The molecule has 1 saturated heterocycles. The molecule has 1 unspecified atom stereocenters. The second kappa shape index (κ2) is 3.31. The van der Waals surface area contributed by atoms with Gasteiger partial charge in [0.25, 0.3) is 0 Å². The third kappa shape index (κ3) is 1.39. The Labute approximate surface area is 89.7 Å². The minimum atomic E-state index is -0.0121. The monoisotopic (exact) mass is 205 g/mol. The third-order valence-corrected chi connectivity index (χ3v) is 4.04. The summed E-state index contributed by atoms with van der Waals surface area (Å²) < 4.78 is 13.8. The van der Waals surface area contributed by atoms with Gasteiger partial charge in [-0.2, -0.15) is 0 Å². The van der Waals surface area contributed by atoms with Crippen molar-refractivity contribution in [3.63, 3.8) is 0 Å². The molecule has 15 heavy (non-hydrogen) atoms. The number of nitrogens with one attached hydrogen (secondary N) is 1. The molecular weight excluding hydrogens is 189 g/mol. The molecule has 1 heterocycles. The van der Waals surface area contributed by atoms with E-state index in [1.807, 2.05) is 12.1 Å².